The molecule has 0 saturated heterocycles. The molecule has 1 atom stereocenters. The van der Waals surface area contributed by atoms with Crippen molar-refractivity contribution in [3.05, 3.63) is 77.6 Å². The van der Waals surface area contributed by atoms with E-state index in [1.807, 2.05) is 15.8 Å². The zero-order chi connectivity index (χ0) is 19.1. The van der Waals surface area contributed by atoms with Crippen LogP contribution in [0.15, 0.2) is 60.5 Å². The van der Waals surface area contributed by atoms with Crippen molar-refractivity contribution in [2.45, 2.75) is 19.8 Å². The highest BCUT2D eigenvalue weighted by atomic mass is 32.1. The second-order valence-corrected chi connectivity index (χ2v) is 7.99. The number of halogens is 1. The van der Waals surface area contributed by atoms with Crippen LogP contribution in [-0.4, -0.2) is 24.0 Å². The van der Waals surface area contributed by atoms with Gasteiger partial charge in [-0.2, -0.15) is 0 Å². The second kappa shape index (κ2) is 6.83. The Balaban J connectivity index is 1.45. The molecule has 1 unspecified atom stereocenters. The second-order valence-electron chi connectivity index (χ2n) is 7.12. The van der Waals surface area contributed by atoms with Crippen molar-refractivity contribution in [2.24, 2.45) is 5.92 Å². The molecule has 4 aromatic heterocycles. The number of fused-ring (bicyclic) bond motifs is 2. The summed E-state index contributed by atoms with van der Waals surface area (Å²) in [6.07, 6.45) is 7.69. The van der Waals surface area contributed by atoms with E-state index in [1.165, 1.54) is 23.4 Å². The molecule has 0 saturated carbocycles. The van der Waals surface area contributed by atoms with Crippen molar-refractivity contribution >= 4 is 21.9 Å². The molecule has 28 heavy (non-hydrogen) atoms. The number of benzene rings is 1. The highest BCUT2D eigenvalue weighted by Crippen LogP contribution is 2.29. The highest BCUT2D eigenvalue weighted by molar-refractivity contribution is 7.15. The van der Waals surface area contributed by atoms with E-state index in [0.717, 1.165) is 34.7 Å². The Labute approximate surface area is 165 Å². The minimum atomic E-state index is -0.232. The van der Waals surface area contributed by atoms with Crippen molar-refractivity contribution in [1.82, 2.24) is 24.0 Å². The van der Waals surface area contributed by atoms with Crippen LogP contribution in [0.1, 0.15) is 18.2 Å². The van der Waals surface area contributed by atoms with Gasteiger partial charge in [-0.25, -0.2) is 9.37 Å². The third kappa shape index (κ3) is 3.07. The average molecular weight is 391 g/mol. The molecule has 0 N–H and O–H groups in total. The third-order valence-electron chi connectivity index (χ3n) is 4.96. The van der Waals surface area contributed by atoms with Gasteiger partial charge in [-0.05, 0) is 54.7 Å². The molecule has 0 aliphatic heterocycles. The molecule has 0 aliphatic rings. The quantitative estimate of drug-likeness (QED) is 0.438. The third-order valence-corrected chi connectivity index (χ3v) is 5.71. The van der Waals surface area contributed by atoms with E-state index in [4.69, 9.17) is 4.98 Å². The van der Waals surface area contributed by atoms with E-state index in [9.17, 15) is 4.39 Å². The summed E-state index contributed by atoms with van der Waals surface area (Å²) in [5.41, 5.74) is 5.15. The lowest BCUT2D eigenvalue weighted by Gasteiger charge is -2.13. The van der Waals surface area contributed by atoms with Crippen molar-refractivity contribution in [2.75, 3.05) is 0 Å². The first kappa shape index (κ1) is 17.1. The molecule has 5 nitrogen and oxygen atoms in total. The molecule has 0 spiro atoms. The van der Waals surface area contributed by atoms with Gasteiger partial charge in [0, 0.05) is 23.3 Å². The number of pyridine rings is 1. The van der Waals surface area contributed by atoms with Crippen molar-refractivity contribution in [3.8, 4) is 11.3 Å². The van der Waals surface area contributed by atoms with Gasteiger partial charge in [-0.15, -0.1) is 21.5 Å². The number of aromatic nitrogens is 5. The standard InChI is InChI=1S/C21H18FN5S/c1-14(10-15-2-7-19-25-23-13-26(19)12-15)11-18-20(16-3-5-17(22)6-4-16)24-21-27(18)8-9-28-21/h2-9,12-14H,10-11H2,1H3. The molecule has 5 aromatic rings. The maximum absolute atomic E-state index is 13.4. The monoisotopic (exact) mass is 391 g/mol. The predicted octanol–water partition coefficient (Wildman–Crippen LogP) is 4.67. The molecule has 5 rings (SSSR count). The highest BCUT2D eigenvalue weighted by Gasteiger charge is 2.18. The Morgan fingerprint density at radius 2 is 1.96 bits per heavy atom. The number of hydrogen-bond donors (Lipinski definition) is 0. The van der Waals surface area contributed by atoms with E-state index >= 15 is 0 Å². The van der Waals surface area contributed by atoms with Gasteiger partial charge >= 0.3 is 0 Å². The molecular formula is C21H18FN5S. The lowest BCUT2D eigenvalue weighted by Crippen LogP contribution is -2.07. The lowest BCUT2D eigenvalue weighted by atomic mass is 9.95. The summed E-state index contributed by atoms with van der Waals surface area (Å²) in [6, 6.07) is 10.7. The van der Waals surface area contributed by atoms with Crippen LogP contribution in [0.3, 0.4) is 0 Å². The van der Waals surface area contributed by atoms with Crippen LogP contribution in [0.2, 0.25) is 0 Å². The van der Waals surface area contributed by atoms with Gasteiger partial charge in [-0.3, -0.25) is 8.80 Å². The number of thiazole rings is 1. The zero-order valence-electron chi connectivity index (χ0n) is 15.3. The molecule has 0 fully saturated rings. The largest absolute Gasteiger partial charge is 0.294 e. The minimum absolute atomic E-state index is 0.232. The smallest absolute Gasteiger partial charge is 0.194 e. The fraction of sp³-hybridized carbons (Fsp3) is 0.190. The molecule has 7 heteroatoms. The first-order chi connectivity index (χ1) is 13.7. The van der Waals surface area contributed by atoms with Crippen LogP contribution in [0.25, 0.3) is 21.9 Å². The number of hydrogen-bond acceptors (Lipinski definition) is 4. The molecule has 140 valence electrons. The number of nitrogens with zero attached hydrogens (tertiary/aromatic N) is 5. The number of rotatable bonds is 5. The fourth-order valence-corrected chi connectivity index (χ4v) is 4.40. The molecule has 0 radical (unpaired) electrons. The molecule has 4 heterocycles. The topological polar surface area (TPSA) is 47.5 Å². The van der Waals surface area contributed by atoms with Crippen molar-refractivity contribution < 1.29 is 4.39 Å². The van der Waals surface area contributed by atoms with Crippen molar-refractivity contribution in [3.63, 3.8) is 0 Å². The normalized spacial score (nSPS) is 12.8. The zero-order valence-corrected chi connectivity index (χ0v) is 16.1. The van der Waals surface area contributed by atoms with E-state index < -0.39 is 0 Å². The van der Waals surface area contributed by atoms with Crippen LogP contribution in [0, 0.1) is 11.7 Å². The lowest BCUT2D eigenvalue weighted by molar-refractivity contribution is 0.566. The summed E-state index contributed by atoms with van der Waals surface area (Å²) in [4.78, 5) is 5.77. The summed E-state index contributed by atoms with van der Waals surface area (Å²) in [5, 5.41) is 10.0. The van der Waals surface area contributed by atoms with E-state index in [2.05, 4.69) is 40.0 Å². The molecule has 0 bridgehead atoms. The van der Waals surface area contributed by atoms with Gasteiger partial charge < -0.3 is 0 Å². The van der Waals surface area contributed by atoms with Crippen LogP contribution < -0.4 is 0 Å². The van der Waals surface area contributed by atoms with Gasteiger partial charge in [0.1, 0.15) is 12.1 Å². The Kier molecular flexibility index (Phi) is 4.16. The fourth-order valence-electron chi connectivity index (χ4n) is 3.67. The van der Waals surface area contributed by atoms with Gasteiger partial charge in [-0.1, -0.05) is 13.0 Å². The van der Waals surface area contributed by atoms with Gasteiger partial charge in [0.25, 0.3) is 0 Å². The van der Waals surface area contributed by atoms with Crippen LogP contribution in [0.5, 0.6) is 0 Å². The van der Waals surface area contributed by atoms with E-state index in [1.54, 1.807) is 29.8 Å². The number of imidazole rings is 1. The Hall–Kier alpha value is -3.06. The SMILES string of the molecule is CC(Cc1ccc2nncn2c1)Cc1c(-c2ccc(F)cc2)nc2sccn12. The molecular weight excluding hydrogens is 373 g/mol. The van der Waals surface area contributed by atoms with E-state index in [-0.39, 0.29) is 5.82 Å². The molecule has 0 aliphatic carbocycles. The van der Waals surface area contributed by atoms with Crippen LogP contribution in [0.4, 0.5) is 4.39 Å². The maximum Gasteiger partial charge on any atom is 0.194 e. The minimum Gasteiger partial charge on any atom is -0.294 e. The first-order valence-electron chi connectivity index (χ1n) is 9.16. The van der Waals surface area contributed by atoms with Crippen LogP contribution >= 0.6 is 11.3 Å². The summed E-state index contributed by atoms with van der Waals surface area (Å²) >= 11 is 1.61. The average Bonchev–Trinajstić information content (AvgIpc) is 3.39. The molecule has 1 aromatic carbocycles. The summed E-state index contributed by atoms with van der Waals surface area (Å²) < 4.78 is 17.5. The Morgan fingerprint density at radius 1 is 1.11 bits per heavy atom. The van der Waals surface area contributed by atoms with E-state index in [0.29, 0.717) is 5.92 Å². The molecule has 0 amide bonds. The van der Waals surface area contributed by atoms with Crippen molar-refractivity contribution in [1.29, 1.82) is 0 Å². The first-order valence-corrected chi connectivity index (χ1v) is 10.0. The summed E-state index contributed by atoms with van der Waals surface area (Å²) in [5.74, 6) is 0.178. The predicted molar refractivity (Wildman–Crippen MR) is 108 cm³/mol. The van der Waals surface area contributed by atoms with Gasteiger partial charge in [0.2, 0.25) is 0 Å². The Morgan fingerprint density at radius 3 is 2.82 bits per heavy atom. The summed E-state index contributed by atoms with van der Waals surface area (Å²) in [7, 11) is 0. The van der Waals surface area contributed by atoms with Gasteiger partial charge in [0.05, 0.1) is 11.4 Å². The Bertz CT molecular complexity index is 1250. The maximum atomic E-state index is 13.4. The van der Waals surface area contributed by atoms with Gasteiger partial charge in [0.15, 0.2) is 10.6 Å². The van der Waals surface area contributed by atoms with Crippen LogP contribution in [-0.2, 0) is 12.8 Å². The summed E-state index contributed by atoms with van der Waals surface area (Å²) in [6.45, 7) is 2.25.